The second-order valence-corrected chi connectivity index (χ2v) is 3.44. The van der Waals surface area contributed by atoms with Crippen molar-refractivity contribution in [1.29, 1.82) is 0 Å². The highest BCUT2D eigenvalue weighted by molar-refractivity contribution is 4.71. The molecule has 3 nitrogen and oxygen atoms in total. The Bertz CT molecular complexity index is 130. The zero-order valence-electron chi connectivity index (χ0n) is 8.39. The van der Waals surface area contributed by atoms with Gasteiger partial charge in [0.15, 0.2) is 0 Å². The van der Waals surface area contributed by atoms with Crippen LogP contribution in [-0.2, 0) is 0 Å². The first-order valence-electron chi connectivity index (χ1n) is 5.18. The van der Waals surface area contributed by atoms with Crippen molar-refractivity contribution in [2.75, 3.05) is 45.8 Å². The van der Waals surface area contributed by atoms with Crippen LogP contribution >= 0.6 is 0 Å². The first kappa shape index (κ1) is 10.7. The van der Waals surface area contributed by atoms with E-state index in [0.29, 0.717) is 0 Å². The first-order chi connectivity index (χ1) is 6.43. The maximum atomic E-state index is 3.67. The maximum absolute atomic E-state index is 3.67. The van der Waals surface area contributed by atoms with Crippen LogP contribution in [0.25, 0.3) is 0 Å². The normalized spacial score (nSPS) is 18.8. The number of hydrogen-bond acceptors (Lipinski definition) is 3. The number of nitrogens with zero attached hydrogens (tertiary/aromatic N) is 1. The number of hydrogen-bond donors (Lipinski definition) is 2. The van der Waals surface area contributed by atoms with Gasteiger partial charge in [0.05, 0.1) is 0 Å². The van der Waals surface area contributed by atoms with Crippen molar-refractivity contribution in [3.63, 3.8) is 0 Å². The maximum Gasteiger partial charge on any atom is 0.0132 e. The Hall–Kier alpha value is -0.380. The summed E-state index contributed by atoms with van der Waals surface area (Å²) in [6.07, 6.45) is 3.15. The van der Waals surface area contributed by atoms with Crippen LogP contribution in [0.5, 0.6) is 0 Å². The molecule has 0 spiro atoms. The molecule has 1 heterocycles. The summed E-state index contributed by atoms with van der Waals surface area (Å²) in [5, 5.41) is 6.67. The molecule has 1 rings (SSSR count). The quantitative estimate of drug-likeness (QED) is 0.450. The summed E-state index contributed by atoms with van der Waals surface area (Å²) in [5.41, 5.74) is 0. The third kappa shape index (κ3) is 5.03. The van der Waals surface area contributed by atoms with Gasteiger partial charge >= 0.3 is 0 Å². The lowest BCUT2D eigenvalue weighted by atomic mass is 10.3. The predicted octanol–water partition coefficient (Wildman–Crippen LogP) is 0.0573. The average molecular weight is 183 g/mol. The van der Waals surface area contributed by atoms with E-state index in [1.807, 2.05) is 6.08 Å². The van der Waals surface area contributed by atoms with E-state index in [4.69, 9.17) is 0 Å². The monoisotopic (exact) mass is 183 g/mol. The molecule has 1 aliphatic heterocycles. The topological polar surface area (TPSA) is 27.3 Å². The third-order valence-electron chi connectivity index (χ3n) is 2.33. The van der Waals surface area contributed by atoms with Gasteiger partial charge in [-0.05, 0) is 19.5 Å². The molecule has 1 saturated heterocycles. The van der Waals surface area contributed by atoms with Gasteiger partial charge < -0.3 is 15.5 Å². The Labute approximate surface area is 81.2 Å². The van der Waals surface area contributed by atoms with Crippen LogP contribution < -0.4 is 10.6 Å². The van der Waals surface area contributed by atoms with E-state index in [0.717, 1.165) is 26.2 Å². The van der Waals surface area contributed by atoms with Gasteiger partial charge in [0.2, 0.25) is 0 Å². The van der Waals surface area contributed by atoms with Gasteiger partial charge in [0, 0.05) is 32.7 Å². The van der Waals surface area contributed by atoms with Crippen LogP contribution in [0.15, 0.2) is 12.7 Å². The van der Waals surface area contributed by atoms with Crippen molar-refractivity contribution in [3.05, 3.63) is 12.7 Å². The minimum Gasteiger partial charge on any atom is -0.314 e. The molecular formula is C10H21N3. The Morgan fingerprint density at radius 2 is 2.15 bits per heavy atom. The molecule has 0 aliphatic carbocycles. The van der Waals surface area contributed by atoms with E-state index in [2.05, 4.69) is 22.1 Å². The summed E-state index contributed by atoms with van der Waals surface area (Å²) in [4.78, 5) is 2.52. The van der Waals surface area contributed by atoms with Crippen molar-refractivity contribution in [2.45, 2.75) is 6.42 Å². The first-order valence-corrected chi connectivity index (χ1v) is 5.18. The fourth-order valence-electron chi connectivity index (χ4n) is 1.57. The highest BCUT2D eigenvalue weighted by Gasteiger charge is 2.07. The van der Waals surface area contributed by atoms with Crippen molar-refractivity contribution >= 4 is 0 Å². The largest absolute Gasteiger partial charge is 0.314 e. The number of nitrogens with one attached hydrogen (secondary N) is 2. The summed E-state index contributed by atoms with van der Waals surface area (Å²) in [7, 11) is 0. The molecule has 0 bridgehead atoms. The van der Waals surface area contributed by atoms with Gasteiger partial charge in [-0.25, -0.2) is 0 Å². The van der Waals surface area contributed by atoms with Crippen molar-refractivity contribution < 1.29 is 0 Å². The minimum absolute atomic E-state index is 0.932. The van der Waals surface area contributed by atoms with Crippen LogP contribution in [0.3, 0.4) is 0 Å². The zero-order chi connectivity index (χ0) is 9.36. The van der Waals surface area contributed by atoms with Gasteiger partial charge in [-0.2, -0.15) is 0 Å². The summed E-state index contributed by atoms with van der Waals surface area (Å²) < 4.78 is 0. The molecule has 0 amide bonds. The van der Waals surface area contributed by atoms with E-state index in [9.17, 15) is 0 Å². The van der Waals surface area contributed by atoms with Crippen molar-refractivity contribution in [1.82, 2.24) is 15.5 Å². The molecule has 1 fully saturated rings. The highest BCUT2D eigenvalue weighted by Crippen LogP contribution is 1.93. The minimum atomic E-state index is 0.932. The molecule has 3 heteroatoms. The smallest absolute Gasteiger partial charge is 0.0132 e. The molecule has 1 aliphatic rings. The summed E-state index contributed by atoms with van der Waals surface area (Å²) in [6.45, 7) is 11.7. The summed E-state index contributed by atoms with van der Waals surface area (Å²) >= 11 is 0. The zero-order valence-corrected chi connectivity index (χ0v) is 8.39. The third-order valence-corrected chi connectivity index (χ3v) is 2.33. The van der Waals surface area contributed by atoms with E-state index in [1.54, 1.807) is 0 Å². The Kier molecular flexibility index (Phi) is 5.81. The molecule has 76 valence electrons. The van der Waals surface area contributed by atoms with Gasteiger partial charge in [-0.15, -0.1) is 6.58 Å². The molecule has 0 unspecified atom stereocenters. The van der Waals surface area contributed by atoms with Crippen LogP contribution in [0.2, 0.25) is 0 Å². The summed E-state index contributed by atoms with van der Waals surface area (Å²) in [5.74, 6) is 0. The fraction of sp³-hybridized carbons (Fsp3) is 0.800. The average Bonchev–Trinajstić information content (AvgIpc) is 2.19. The Morgan fingerprint density at radius 1 is 1.38 bits per heavy atom. The molecular weight excluding hydrogens is 162 g/mol. The molecule has 0 aromatic rings. The van der Waals surface area contributed by atoms with Crippen LogP contribution in [-0.4, -0.2) is 50.7 Å². The van der Waals surface area contributed by atoms with Crippen LogP contribution in [0.1, 0.15) is 6.42 Å². The van der Waals surface area contributed by atoms with E-state index >= 15 is 0 Å². The Morgan fingerprint density at radius 3 is 2.85 bits per heavy atom. The van der Waals surface area contributed by atoms with Gasteiger partial charge in [0.25, 0.3) is 0 Å². The molecule has 0 aromatic carbocycles. The van der Waals surface area contributed by atoms with Gasteiger partial charge in [0.1, 0.15) is 0 Å². The summed E-state index contributed by atoms with van der Waals surface area (Å²) in [6, 6.07) is 0. The SMILES string of the molecule is C=CCNCCCN1CCNCC1. The van der Waals surface area contributed by atoms with Crippen LogP contribution in [0.4, 0.5) is 0 Å². The van der Waals surface area contributed by atoms with Crippen LogP contribution in [0, 0.1) is 0 Å². The second-order valence-electron chi connectivity index (χ2n) is 3.44. The van der Waals surface area contributed by atoms with Gasteiger partial charge in [-0.1, -0.05) is 6.08 Å². The van der Waals surface area contributed by atoms with Crippen molar-refractivity contribution in [3.8, 4) is 0 Å². The number of piperazine rings is 1. The predicted molar refractivity (Wildman–Crippen MR) is 57.0 cm³/mol. The molecule has 0 saturated carbocycles. The fourth-order valence-corrected chi connectivity index (χ4v) is 1.57. The lowest BCUT2D eigenvalue weighted by molar-refractivity contribution is 0.238. The standard InChI is InChI=1S/C10H21N3/c1-2-4-11-5-3-8-13-9-6-12-7-10-13/h2,11-12H,1,3-10H2. The number of rotatable bonds is 6. The molecule has 0 aromatic heterocycles. The molecule has 13 heavy (non-hydrogen) atoms. The van der Waals surface area contributed by atoms with Gasteiger partial charge in [-0.3, -0.25) is 0 Å². The van der Waals surface area contributed by atoms with E-state index in [-0.39, 0.29) is 0 Å². The van der Waals surface area contributed by atoms with Crippen molar-refractivity contribution in [2.24, 2.45) is 0 Å². The molecule has 2 N–H and O–H groups in total. The molecule has 0 atom stereocenters. The lowest BCUT2D eigenvalue weighted by Crippen LogP contribution is -2.44. The highest BCUT2D eigenvalue weighted by atomic mass is 15.2. The lowest BCUT2D eigenvalue weighted by Gasteiger charge is -2.27. The Balaban J connectivity index is 1.89. The van der Waals surface area contributed by atoms with E-state index in [1.165, 1.54) is 26.1 Å². The second kappa shape index (κ2) is 7.06. The van der Waals surface area contributed by atoms with E-state index < -0.39 is 0 Å². The molecule has 0 radical (unpaired) electrons.